The molecule has 0 aliphatic carbocycles. The molecule has 24 heavy (non-hydrogen) atoms. The van der Waals surface area contributed by atoms with E-state index in [4.69, 9.17) is 16.3 Å². The van der Waals surface area contributed by atoms with Gasteiger partial charge in [0, 0.05) is 30.6 Å². The third kappa shape index (κ3) is 3.27. The second-order valence-corrected chi connectivity index (χ2v) is 7.65. The van der Waals surface area contributed by atoms with Gasteiger partial charge in [-0.2, -0.15) is 0 Å². The minimum Gasteiger partial charge on any atom is -0.480 e. The van der Waals surface area contributed by atoms with E-state index in [9.17, 15) is 4.79 Å². The van der Waals surface area contributed by atoms with Gasteiger partial charge in [-0.1, -0.05) is 18.0 Å². The molecule has 4 nitrogen and oxygen atoms in total. The molecule has 0 aromatic heterocycles. The highest BCUT2D eigenvalue weighted by Crippen LogP contribution is 2.32. The molecule has 0 radical (unpaired) electrons. The molecule has 5 heteroatoms. The first kappa shape index (κ1) is 16.2. The molecule has 4 rings (SSSR count). The normalized spacial score (nSPS) is 25.4. The number of piperidine rings is 2. The molecular formula is C19H25ClN2O2. The van der Waals surface area contributed by atoms with Gasteiger partial charge in [0.2, 0.25) is 0 Å². The highest BCUT2D eigenvalue weighted by atomic mass is 35.5. The predicted molar refractivity (Wildman–Crippen MR) is 94.6 cm³/mol. The van der Waals surface area contributed by atoms with Crippen LogP contribution in [0.5, 0.6) is 5.75 Å². The summed E-state index contributed by atoms with van der Waals surface area (Å²) in [5.74, 6) is 0.945. The van der Waals surface area contributed by atoms with Gasteiger partial charge in [0.25, 0.3) is 5.91 Å². The van der Waals surface area contributed by atoms with Crippen molar-refractivity contribution in [1.82, 2.24) is 9.80 Å². The minimum atomic E-state index is -0.370. The van der Waals surface area contributed by atoms with Crippen LogP contribution in [0.25, 0.3) is 0 Å². The fraction of sp³-hybridized carbons (Fsp3) is 0.632. The topological polar surface area (TPSA) is 32.8 Å². The number of benzene rings is 1. The molecule has 2 saturated heterocycles. The first-order chi connectivity index (χ1) is 11.7. The summed E-state index contributed by atoms with van der Waals surface area (Å²) in [6.45, 7) is 4.19. The standard InChI is InChI=1S/C19H25ClN2O2/c20-15-4-5-17-14(12-15)13-18(24-17)19(23)22-10-6-16(7-11-22)21-8-2-1-3-9-21/h4-5,12,16,18H,1-3,6-11,13H2. The lowest BCUT2D eigenvalue weighted by molar-refractivity contribution is -0.139. The second kappa shape index (κ2) is 6.93. The Kier molecular flexibility index (Phi) is 4.68. The Bertz CT molecular complexity index is 607. The zero-order valence-corrected chi connectivity index (χ0v) is 14.8. The van der Waals surface area contributed by atoms with Crippen LogP contribution in [0.1, 0.15) is 37.7 Å². The quantitative estimate of drug-likeness (QED) is 0.823. The molecular weight excluding hydrogens is 324 g/mol. The zero-order valence-electron chi connectivity index (χ0n) is 14.0. The van der Waals surface area contributed by atoms with Crippen molar-refractivity contribution in [3.05, 3.63) is 28.8 Å². The van der Waals surface area contributed by atoms with Crippen molar-refractivity contribution in [2.24, 2.45) is 0 Å². The van der Waals surface area contributed by atoms with Gasteiger partial charge in [0.15, 0.2) is 6.10 Å². The van der Waals surface area contributed by atoms with Crippen molar-refractivity contribution in [2.45, 2.75) is 50.7 Å². The number of carbonyl (C=O) groups excluding carboxylic acids is 1. The Morgan fingerprint density at radius 2 is 1.83 bits per heavy atom. The Morgan fingerprint density at radius 3 is 2.58 bits per heavy atom. The monoisotopic (exact) mass is 348 g/mol. The van der Waals surface area contributed by atoms with Crippen LogP contribution < -0.4 is 4.74 Å². The van der Waals surface area contributed by atoms with Crippen molar-refractivity contribution in [3.8, 4) is 5.75 Å². The Labute approximate surface area is 148 Å². The number of hydrogen-bond donors (Lipinski definition) is 0. The van der Waals surface area contributed by atoms with E-state index in [0.717, 1.165) is 37.2 Å². The highest BCUT2D eigenvalue weighted by Gasteiger charge is 2.35. The van der Waals surface area contributed by atoms with Crippen LogP contribution in [0.2, 0.25) is 5.02 Å². The molecule has 0 bridgehead atoms. The Hall–Kier alpha value is -1.26. The van der Waals surface area contributed by atoms with E-state index < -0.39 is 0 Å². The summed E-state index contributed by atoms with van der Waals surface area (Å²) in [6, 6.07) is 6.26. The summed E-state index contributed by atoms with van der Waals surface area (Å²) in [6.07, 6.45) is 6.49. The van der Waals surface area contributed by atoms with Gasteiger partial charge in [-0.15, -0.1) is 0 Å². The average molecular weight is 349 g/mol. The van der Waals surface area contributed by atoms with Crippen LogP contribution in [0.4, 0.5) is 0 Å². The van der Waals surface area contributed by atoms with E-state index >= 15 is 0 Å². The summed E-state index contributed by atoms with van der Waals surface area (Å²) in [5.41, 5.74) is 1.05. The highest BCUT2D eigenvalue weighted by molar-refractivity contribution is 6.30. The lowest BCUT2D eigenvalue weighted by Crippen LogP contribution is -2.50. The zero-order chi connectivity index (χ0) is 16.5. The van der Waals surface area contributed by atoms with Crippen LogP contribution in [0.15, 0.2) is 18.2 Å². The second-order valence-electron chi connectivity index (χ2n) is 7.22. The van der Waals surface area contributed by atoms with Crippen LogP contribution in [-0.4, -0.2) is 54.0 Å². The molecule has 1 aromatic rings. The maximum absolute atomic E-state index is 12.8. The summed E-state index contributed by atoms with van der Waals surface area (Å²) >= 11 is 6.03. The SMILES string of the molecule is O=C(C1Cc2cc(Cl)ccc2O1)N1CCC(N2CCCCC2)CC1. The summed E-state index contributed by atoms with van der Waals surface area (Å²) in [7, 11) is 0. The number of likely N-dealkylation sites (tertiary alicyclic amines) is 2. The minimum absolute atomic E-state index is 0.138. The lowest BCUT2D eigenvalue weighted by Gasteiger charge is -2.40. The summed E-state index contributed by atoms with van der Waals surface area (Å²) < 4.78 is 5.86. The van der Waals surface area contributed by atoms with Crippen molar-refractivity contribution < 1.29 is 9.53 Å². The van der Waals surface area contributed by atoms with Crippen molar-refractivity contribution in [2.75, 3.05) is 26.2 Å². The fourth-order valence-electron chi connectivity index (χ4n) is 4.29. The van der Waals surface area contributed by atoms with Crippen LogP contribution >= 0.6 is 11.6 Å². The number of amides is 1. The first-order valence-corrected chi connectivity index (χ1v) is 9.56. The van der Waals surface area contributed by atoms with Gasteiger partial charge in [-0.05, 0) is 62.5 Å². The van der Waals surface area contributed by atoms with E-state index in [1.807, 2.05) is 23.1 Å². The first-order valence-electron chi connectivity index (χ1n) is 9.18. The van der Waals surface area contributed by atoms with Gasteiger partial charge < -0.3 is 14.5 Å². The number of carbonyl (C=O) groups is 1. The molecule has 1 aromatic carbocycles. The van der Waals surface area contributed by atoms with Gasteiger partial charge in [0.05, 0.1) is 0 Å². The van der Waals surface area contributed by atoms with Crippen molar-refractivity contribution in [3.63, 3.8) is 0 Å². The maximum Gasteiger partial charge on any atom is 0.263 e. The number of rotatable bonds is 2. The molecule has 1 amide bonds. The van der Waals surface area contributed by atoms with Gasteiger partial charge >= 0.3 is 0 Å². The molecule has 3 aliphatic rings. The van der Waals surface area contributed by atoms with Gasteiger partial charge in [0.1, 0.15) is 5.75 Å². The largest absolute Gasteiger partial charge is 0.480 e. The third-order valence-corrected chi connectivity index (χ3v) is 5.89. The molecule has 1 unspecified atom stereocenters. The van der Waals surface area contributed by atoms with E-state index in [0.29, 0.717) is 17.5 Å². The lowest BCUT2D eigenvalue weighted by atomic mass is 9.99. The Morgan fingerprint density at radius 1 is 1.08 bits per heavy atom. The number of halogens is 1. The van der Waals surface area contributed by atoms with E-state index in [1.54, 1.807) is 0 Å². The third-order valence-electron chi connectivity index (χ3n) is 5.66. The maximum atomic E-state index is 12.8. The van der Waals surface area contributed by atoms with E-state index in [-0.39, 0.29) is 12.0 Å². The van der Waals surface area contributed by atoms with Gasteiger partial charge in [-0.3, -0.25) is 4.79 Å². The molecule has 0 saturated carbocycles. The van der Waals surface area contributed by atoms with Crippen molar-refractivity contribution in [1.29, 1.82) is 0 Å². The molecule has 3 aliphatic heterocycles. The van der Waals surface area contributed by atoms with Crippen LogP contribution in [0, 0.1) is 0 Å². The molecule has 1 atom stereocenters. The fourth-order valence-corrected chi connectivity index (χ4v) is 4.49. The van der Waals surface area contributed by atoms with Gasteiger partial charge in [-0.25, -0.2) is 0 Å². The number of nitrogens with zero attached hydrogens (tertiary/aromatic N) is 2. The van der Waals surface area contributed by atoms with Crippen LogP contribution in [0.3, 0.4) is 0 Å². The molecule has 0 spiro atoms. The average Bonchev–Trinajstić information content (AvgIpc) is 3.05. The molecule has 2 fully saturated rings. The molecule has 0 N–H and O–H groups in total. The van der Waals surface area contributed by atoms with E-state index in [1.165, 1.54) is 32.4 Å². The molecule has 3 heterocycles. The predicted octanol–water partition coefficient (Wildman–Crippen LogP) is 3.12. The van der Waals surface area contributed by atoms with Crippen LogP contribution in [-0.2, 0) is 11.2 Å². The smallest absolute Gasteiger partial charge is 0.263 e. The number of hydrogen-bond acceptors (Lipinski definition) is 3. The number of fused-ring (bicyclic) bond motifs is 1. The Balaban J connectivity index is 1.32. The summed E-state index contributed by atoms with van der Waals surface area (Å²) in [5, 5.41) is 0.702. The van der Waals surface area contributed by atoms with E-state index in [2.05, 4.69) is 4.90 Å². The van der Waals surface area contributed by atoms with Crippen molar-refractivity contribution >= 4 is 17.5 Å². The summed E-state index contributed by atoms with van der Waals surface area (Å²) in [4.78, 5) is 17.4. The number of ether oxygens (including phenoxy) is 1. The molecule has 130 valence electrons.